The Hall–Kier alpha value is 0.254. The number of allylic oxidation sites excluding steroid dienone is 8. The first-order valence-electron chi connectivity index (χ1n) is 8.50. The van der Waals surface area contributed by atoms with Gasteiger partial charge in [0, 0.05) is 0 Å². The molecule has 1 saturated heterocycles. The van der Waals surface area contributed by atoms with Gasteiger partial charge in [-0.3, -0.25) is 0 Å². The van der Waals surface area contributed by atoms with Gasteiger partial charge in [0.25, 0.3) is 0 Å². The second kappa shape index (κ2) is 6.16. The fraction of sp³-hybridized carbons (Fsp3) is 0.619. The van der Waals surface area contributed by atoms with E-state index in [0.717, 1.165) is 0 Å². The fourth-order valence-electron chi connectivity index (χ4n) is 5.44. The minimum absolute atomic E-state index is 0. The number of halogens is 2. The topological polar surface area (TPSA) is 0 Å². The molecule has 2 atom stereocenters. The third-order valence-electron chi connectivity index (χ3n) is 8.25. The molecule has 3 rings (SSSR count). The second-order valence-electron chi connectivity index (χ2n) is 8.50. The molecular formula is C21H30Cl2Ti. The van der Waals surface area contributed by atoms with E-state index in [4.69, 9.17) is 0 Å². The molecule has 24 heavy (non-hydrogen) atoms. The van der Waals surface area contributed by atoms with Gasteiger partial charge < -0.3 is 24.8 Å². The van der Waals surface area contributed by atoms with Crippen LogP contribution < -0.4 is 24.8 Å². The predicted octanol–water partition coefficient (Wildman–Crippen LogP) is 0.377. The van der Waals surface area contributed by atoms with Crippen LogP contribution in [0.3, 0.4) is 0 Å². The smallest absolute Gasteiger partial charge is 1.00 e. The molecule has 1 aliphatic heterocycles. The molecule has 0 aromatic heterocycles. The SMILES string of the molecule is CC1=C(C)C2(C)[C](=C1C)[Ti+2][C]1=C(C)C(C)=C(C)C1(C)C2(C)C.[Cl-].[Cl-]. The molecule has 0 aromatic rings. The average Bonchev–Trinajstić information content (AvgIpc) is 2.73. The van der Waals surface area contributed by atoms with Gasteiger partial charge in [-0.25, -0.2) is 0 Å². The summed E-state index contributed by atoms with van der Waals surface area (Å²) in [5.41, 5.74) is 10.3. The van der Waals surface area contributed by atoms with Crippen molar-refractivity contribution in [3.8, 4) is 0 Å². The summed E-state index contributed by atoms with van der Waals surface area (Å²) in [5, 5.41) is 0. The predicted molar refractivity (Wildman–Crippen MR) is 92.1 cm³/mol. The van der Waals surface area contributed by atoms with Crippen molar-refractivity contribution in [2.24, 2.45) is 16.2 Å². The van der Waals surface area contributed by atoms with Crippen LogP contribution in [0, 0.1) is 16.2 Å². The second-order valence-corrected chi connectivity index (χ2v) is 10.5. The summed E-state index contributed by atoms with van der Waals surface area (Å²) in [5.74, 6) is 0. The quantitative estimate of drug-likeness (QED) is 0.515. The van der Waals surface area contributed by atoms with Crippen LogP contribution in [0.25, 0.3) is 0 Å². The minimum Gasteiger partial charge on any atom is -1.00 e. The Morgan fingerprint density at radius 1 is 0.542 bits per heavy atom. The summed E-state index contributed by atoms with van der Waals surface area (Å²) in [7, 11) is 0. The molecule has 0 N–H and O–H groups in total. The van der Waals surface area contributed by atoms with Crippen LogP contribution in [0.5, 0.6) is 0 Å². The summed E-state index contributed by atoms with van der Waals surface area (Å²) in [4.78, 5) is 0. The van der Waals surface area contributed by atoms with Gasteiger partial charge in [0.2, 0.25) is 0 Å². The molecule has 0 spiro atoms. The minimum atomic E-state index is -0.209. The number of rotatable bonds is 0. The maximum atomic E-state index is 2.54. The van der Waals surface area contributed by atoms with E-state index in [0.29, 0.717) is 0 Å². The molecule has 0 bridgehead atoms. The monoisotopic (exact) mass is 400 g/mol. The van der Waals surface area contributed by atoms with Gasteiger partial charge in [-0.15, -0.1) is 0 Å². The van der Waals surface area contributed by atoms with E-state index in [1.54, 1.807) is 33.4 Å². The number of hydrogen-bond acceptors (Lipinski definition) is 0. The third kappa shape index (κ3) is 2.04. The largest absolute Gasteiger partial charge is 1.00 e. The molecule has 1 fully saturated rings. The zero-order valence-electron chi connectivity index (χ0n) is 16.8. The van der Waals surface area contributed by atoms with E-state index in [1.165, 1.54) is 0 Å². The molecule has 3 aliphatic rings. The standard InChI is InChI=1S/C21H30.2ClH.Ti/c1-13-11-20(9,17(5)15(13)3)19(7,8)21(10)12-14(2)16(4)18(21)6;;;/h1-10H3;2*1H;/q;;;+2/p-2. The Balaban J connectivity index is 0.00000144. The van der Waals surface area contributed by atoms with Crippen LogP contribution in [0.2, 0.25) is 0 Å². The van der Waals surface area contributed by atoms with Gasteiger partial charge in [0.05, 0.1) is 0 Å². The molecule has 1 heterocycles. The van der Waals surface area contributed by atoms with Gasteiger partial charge in [0.15, 0.2) is 0 Å². The first kappa shape index (κ1) is 22.3. The third-order valence-corrected chi connectivity index (χ3v) is 11.8. The maximum Gasteiger partial charge on any atom is -1.00 e. The van der Waals surface area contributed by atoms with E-state index >= 15 is 0 Å². The van der Waals surface area contributed by atoms with Gasteiger partial charge in [0.1, 0.15) is 0 Å². The van der Waals surface area contributed by atoms with Crippen LogP contribution in [-0.2, 0) is 19.2 Å². The Bertz CT molecular complexity index is 673. The fourth-order valence-corrected chi connectivity index (χ4v) is 9.34. The average molecular weight is 401 g/mol. The van der Waals surface area contributed by atoms with E-state index in [-0.39, 0.29) is 60.2 Å². The molecule has 2 aliphatic carbocycles. The molecular weight excluding hydrogens is 371 g/mol. The molecule has 0 aromatic carbocycles. The van der Waals surface area contributed by atoms with Crippen LogP contribution >= 0.6 is 0 Å². The Morgan fingerprint density at radius 2 is 0.833 bits per heavy atom. The van der Waals surface area contributed by atoms with E-state index in [9.17, 15) is 0 Å². The van der Waals surface area contributed by atoms with Crippen molar-refractivity contribution in [2.75, 3.05) is 0 Å². The van der Waals surface area contributed by atoms with Crippen molar-refractivity contribution >= 4 is 0 Å². The Labute approximate surface area is 170 Å². The summed E-state index contributed by atoms with van der Waals surface area (Å²) < 4.78 is 3.61. The van der Waals surface area contributed by atoms with Crippen molar-refractivity contribution in [3.63, 3.8) is 0 Å². The first-order valence-corrected chi connectivity index (χ1v) is 10.1. The van der Waals surface area contributed by atoms with E-state index in [1.807, 2.05) is 7.76 Å². The van der Waals surface area contributed by atoms with E-state index in [2.05, 4.69) is 69.2 Å². The first-order chi connectivity index (χ1) is 9.94. The van der Waals surface area contributed by atoms with Crippen molar-refractivity contribution in [2.45, 2.75) is 69.2 Å². The summed E-state index contributed by atoms with van der Waals surface area (Å²) >= 11 is -0.209. The van der Waals surface area contributed by atoms with Crippen LogP contribution in [0.15, 0.2) is 41.2 Å². The number of fused-ring (bicyclic) bond motifs is 2. The van der Waals surface area contributed by atoms with Crippen molar-refractivity contribution in [1.82, 2.24) is 0 Å². The van der Waals surface area contributed by atoms with Crippen molar-refractivity contribution in [3.05, 3.63) is 41.2 Å². The van der Waals surface area contributed by atoms with Gasteiger partial charge in [-0.05, 0) is 0 Å². The number of hydrogen-bond donors (Lipinski definition) is 0. The summed E-state index contributed by atoms with van der Waals surface area (Å²) in [6, 6.07) is 0. The molecule has 0 nitrogen and oxygen atoms in total. The molecule has 0 radical (unpaired) electrons. The van der Waals surface area contributed by atoms with Gasteiger partial charge >= 0.3 is 146 Å². The molecule has 132 valence electrons. The summed E-state index contributed by atoms with van der Waals surface area (Å²) in [6.45, 7) is 24.4. The van der Waals surface area contributed by atoms with Crippen LogP contribution in [0.1, 0.15) is 69.2 Å². The summed E-state index contributed by atoms with van der Waals surface area (Å²) in [6.07, 6.45) is 0. The Kier molecular flexibility index (Phi) is 5.72. The van der Waals surface area contributed by atoms with Crippen LogP contribution in [-0.4, -0.2) is 0 Å². The molecule has 2 unspecified atom stereocenters. The molecule has 0 saturated carbocycles. The van der Waals surface area contributed by atoms with Gasteiger partial charge in [-0.1, -0.05) is 0 Å². The zero-order valence-corrected chi connectivity index (χ0v) is 19.8. The normalized spacial score (nSPS) is 33.6. The molecule has 3 heteroatoms. The van der Waals surface area contributed by atoms with Crippen molar-refractivity contribution < 1.29 is 44.0 Å². The maximum absolute atomic E-state index is 2.54. The zero-order chi connectivity index (χ0) is 16.8. The van der Waals surface area contributed by atoms with Crippen LogP contribution in [0.4, 0.5) is 0 Å². The Morgan fingerprint density at radius 3 is 1.12 bits per heavy atom. The van der Waals surface area contributed by atoms with E-state index < -0.39 is 0 Å². The van der Waals surface area contributed by atoms with Crippen molar-refractivity contribution in [1.29, 1.82) is 0 Å². The van der Waals surface area contributed by atoms with Gasteiger partial charge in [-0.2, -0.15) is 0 Å². The molecule has 0 amide bonds.